The van der Waals surface area contributed by atoms with Crippen molar-refractivity contribution in [1.29, 1.82) is 0 Å². The van der Waals surface area contributed by atoms with Gasteiger partial charge in [0.2, 0.25) is 5.88 Å². The van der Waals surface area contributed by atoms with Gasteiger partial charge in [-0.25, -0.2) is 9.38 Å². The molecule has 0 aromatic heterocycles. The van der Waals surface area contributed by atoms with Crippen LogP contribution in [-0.2, 0) is 9.47 Å². The average molecular weight is 311 g/mol. The van der Waals surface area contributed by atoms with Crippen LogP contribution in [0.25, 0.3) is 5.57 Å². The van der Waals surface area contributed by atoms with Crippen LogP contribution in [0.2, 0.25) is 0 Å². The zero-order chi connectivity index (χ0) is 15.8. The molecule has 0 saturated carbocycles. The molecule has 0 fully saturated rings. The maximum atomic E-state index is 13.4. The van der Waals surface area contributed by atoms with Gasteiger partial charge in [0.15, 0.2) is 0 Å². The summed E-state index contributed by atoms with van der Waals surface area (Å²) < 4.78 is 29.1. The minimum atomic E-state index is -0.416. The molecule has 21 heavy (non-hydrogen) atoms. The number of hydrogen-bond donors (Lipinski definition) is 1. The molecule has 6 heteroatoms. The van der Waals surface area contributed by atoms with Gasteiger partial charge in [-0.05, 0) is 18.9 Å². The van der Waals surface area contributed by atoms with Crippen LogP contribution in [0, 0.1) is 5.82 Å². The molecule has 1 aromatic rings. The Hall–Kier alpha value is -1.79. The van der Waals surface area contributed by atoms with E-state index >= 15 is 0 Å². The van der Waals surface area contributed by atoms with Crippen LogP contribution < -0.4 is 4.74 Å². The van der Waals surface area contributed by atoms with E-state index in [1.54, 1.807) is 13.2 Å². The summed E-state index contributed by atoms with van der Waals surface area (Å²) in [6, 6.07) is 4.14. The van der Waals surface area contributed by atoms with Crippen LogP contribution in [-0.4, -0.2) is 34.2 Å². The summed E-state index contributed by atoms with van der Waals surface area (Å²) in [6.07, 6.45) is 0. The molecule has 1 aromatic carbocycles. The summed E-state index contributed by atoms with van der Waals surface area (Å²) in [7, 11) is 3.01. The SMILES string of the molecule is C=N/C(OC)=C(\C(=C)S)c1ccc(F)cc1OCCOC. The standard InChI is InChI=1S/C15H18FNO3S/c1-10(21)14(15(17-2)19-4)12-6-5-11(16)9-13(12)20-8-7-18-3/h5-6,9,21H,1-2,7-8H2,3-4H3/b15-14-. The fourth-order valence-electron chi connectivity index (χ4n) is 1.70. The third-order valence-electron chi connectivity index (χ3n) is 2.60. The topological polar surface area (TPSA) is 40.0 Å². The average Bonchev–Trinajstić information content (AvgIpc) is 2.45. The first kappa shape index (κ1) is 17.3. The number of hydrogen-bond acceptors (Lipinski definition) is 5. The van der Waals surface area contributed by atoms with Gasteiger partial charge < -0.3 is 14.2 Å². The predicted molar refractivity (Wildman–Crippen MR) is 85.4 cm³/mol. The molecular formula is C15H18FNO3S. The quantitative estimate of drug-likeness (QED) is 0.263. The van der Waals surface area contributed by atoms with Crippen LogP contribution in [0.3, 0.4) is 0 Å². The van der Waals surface area contributed by atoms with Crippen molar-refractivity contribution in [1.82, 2.24) is 0 Å². The van der Waals surface area contributed by atoms with Crippen molar-refractivity contribution >= 4 is 24.9 Å². The first-order valence-electron chi connectivity index (χ1n) is 6.10. The molecule has 0 spiro atoms. The first-order valence-corrected chi connectivity index (χ1v) is 6.54. The van der Waals surface area contributed by atoms with E-state index in [9.17, 15) is 4.39 Å². The lowest BCUT2D eigenvalue weighted by Crippen LogP contribution is -2.07. The van der Waals surface area contributed by atoms with E-state index in [4.69, 9.17) is 14.2 Å². The number of allylic oxidation sites excluding steroid dienone is 1. The Morgan fingerprint density at radius 3 is 2.57 bits per heavy atom. The van der Waals surface area contributed by atoms with Crippen molar-refractivity contribution in [3.05, 3.63) is 46.9 Å². The van der Waals surface area contributed by atoms with E-state index < -0.39 is 5.82 Å². The highest BCUT2D eigenvalue weighted by Crippen LogP contribution is 2.35. The predicted octanol–water partition coefficient (Wildman–Crippen LogP) is 3.31. The molecule has 0 saturated heterocycles. The maximum Gasteiger partial charge on any atom is 0.221 e. The third kappa shape index (κ3) is 4.61. The van der Waals surface area contributed by atoms with Gasteiger partial charge in [0.25, 0.3) is 0 Å². The maximum absolute atomic E-state index is 13.4. The summed E-state index contributed by atoms with van der Waals surface area (Å²) >= 11 is 4.24. The van der Waals surface area contributed by atoms with Crippen LogP contribution in [0.5, 0.6) is 5.75 Å². The number of methoxy groups -OCH3 is 2. The smallest absolute Gasteiger partial charge is 0.221 e. The molecule has 0 unspecified atom stereocenters. The van der Waals surface area contributed by atoms with Crippen LogP contribution >= 0.6 is 12.6 Å². The van der Waals surface area contributed by atoms with Crippen molar-refractivity contribution in [2.75, 3.05) is 27.4 Å². The number of nitrogens with zero attached hydrogens (tertiary/aromatic N) is 1. The van der Waals surface area contributed by atoms with Crippen LogP contribution in [0.15, 0.2) is 40.6 Å². The highest BCUT2D eigenvalue weighted by Gasteiger charge is 2.17. The summed E-state index contributed by atoms with van der Waals surface area (Å²) in [5.74, 6) is 0.148. The molecule has 0 heterocycles. The van der Waals surface area contributed by atoms with Gasteiger partial charge in [-0.3, -0.25) is 0 Å². The first-order chi connectivity index (χ1) is 10.0. The Balaban J connectivity index is 3.34. The summed E-state index contributed by atoms with van der Waals surface area (Å²) in [5.41, 5.74) is 1.06. The molecule has 4 nitrogen and oxygen atoms in total. The normalized spacial score (nSPS) is 11.6. The minimum absolute atomic E-state index is 0.234. The van der Waals surface area contributed by atoms with E-state index in [2.05, 4.69) is 30.9 Å². The van der Waals surface area contributed by atoms with Crippen molar-refractivity contribution in [2.45, 2.75) is 0 Å². The zero-order valence-electron chi connectivity index (χ0n) is 12.1. The number of benzene rings is 1. The number of halogens is 1. The second kappa shape index (κ2) is 8.49. The largest absolute Gasteiger partial charge is 0.490 e. The lowest BCUT2D eigenvalue weighted by molar-refractivity contribution is 0.146. The van der Waals surface area contributed by atoms with Gasteiger partial charge in [-0.15, -0.1) is 12.6 Å². The molecule has 0 aliphatic carbocycles. The molecule has 0 aliphatic rings. The summed E-state index contributed by atoms with van der Waals surface area (Å²) in [6.45, 7) is 7.88. The Morgan fingerprint density at radius 2 is 2.05 bits per heavy atom. The molecular weight excluding hydrogens is 293 g/mol. The number of aliphatic imine (C=N–C) groups is 1. The van der Waals surface area contributed by atoms with Gasteiger partial charge in [-0.2, -0.15) is 0 Å². The van der Waals surface area contributed by atoms with Crippen molar-refractivity contribution in [2.24, 2.45) is 4.99 Å². The second-order valence-electron chi connectivity index (χ2n) is 3.97. The molecule has 0 aliphatic heterocycles. The van der Waals surface area contributed by atoms with Gasteiger partial charge in [0.05, 0.1) is 19.3 Å². The van der Waals surface area contributed by atoms with E-state index in [1.165, 1.54) is 19.2 Å². The molecule has 0 radical (unpaired) electrons. The Labute approximate surface area is 129 Å². The van der Waals surface area contributed by atoms with E-state index in [0.717, 1.165) is 0 Å². The van der Waals surface area contributed by atoms with Gasteiger partial charge >= 0.3 is 0 Å². The van der Waals surface area contributed by atoms with E-state index in [-0.39, 0.29) is 12.5 Å². The minimum Gasteiger partial charge on any atom is -0.490 e. The molecule has 1 rings (SSSR count). The summed E-state index contributed by atoms with van der Waals surface area (Å²) in [4.78, 5) is 4.19. The summed E-state index contributed by atoms with van der Waals surface area (Å²) in [5, 5.41) is 0. The Morgan fingerprint density at radius 1 is 1.33 bits per heavy atom. The lowest BCUT2D eigenvalue weighted by Gasteiger charge is -2.15. The molecule has 0 bridgehead atoms. The highest BCUT2D eigenvalue weighted by atomic mass is 32.1. The molecule has 114 valence electrons. The number of rotatable bonds is 8. The Bertz CT molecular complexity index is 558. The number of thiol groups is 1. The van der Waals surface area contributed by atoms with Gasteiger partial charge in [0, 0.05) is 23.6 Å². The van der Waals surface area contributed by atoms with Crippen LogP contribution in [0.1, 0.15) is 5.56 Å². The second-order valence-corrected chi connectivity index (χ2v) is 4.51. The van der Waals surface area contributed by atoms with E-state index in [1.807, 2.05) is 0 Å². The zero-order valence-corrected chi connectivity index (χ0v) is 13.0. The lowest BCUT2D eigenvalue weighted by atomic mass is 10.0. The Kier molecular flexibility index (Phi) is 6.98. The van der Waals surface area contributed by atoms with Crippen molar-refractivity contribution < 1.29 is 18.6 Å². The fraction of sp³-hybridized carbons (Fsp3) is 0.267. The van der Waals surface area contributed by atoms with Crippen LogP contribution in [0.4, 0.5) is 4.39 Å². The number of ether oxygens (including phenoxy) is 3. The van der Waals surface area contributed by atoms with Gasteiger partial charge in [0.1, 0.15) is 18.2 Å². The van der Waals surface area contributed by atoms with Crippen molar-refractivity contribution in [3.8, 4) is 5.75 Å². The van der Waals surface area contributed by atoms with Crippen molar-refractivity contribution in [3.63, 3.8) is 0 Å². The molecule has 0 amide bonds. The van der Waals surface area contributed by atoms with Gasteiger partial charge in [-0.1, -0.05) is 6.58 Å². The third-order valence-corrected chi connectivity index (χ3v) is 2.82. The molecule has 0 N–H and O–H groups in total. The highest BCUT2D eigenvalue weighted by molar-refractivity contribution is 7.85. The molecule has 0 atom stereocenters. The fourth-order valence-corrected chi connectivity index (χ4v) is 1.91. The van der Waals surface area contributed by atoms with E-state index in [0.29, 0.717) is 28.4 Å². The monoisotopic (exact) mass is 311 g/mol.